The maximum absolute atomic E-state index is 14.9. The first kappa shape index (κ1) is 12.2. The second-order valence-electron chi connectivity index (χ2n) is 5.56. The van der Waals surface area contributed by atoms with Crippen LogP contribution in [0.3, 0.4) is 0 Å². The van der Waals surface area contributed by atoms with Crippen molar-refractivity contribution >= 4 is 0 Å². The van der Waals surface area contributed by atoms with E-state index in [-0.39, 0.29) is 6.01 Å². The summed E-state index contributed by atoms with van der Waals surface area (Å²) in [4.78, 5) is 15.0. The van der Waals surface area contributed by atoms with Crippen molar-refractivity contribution < 1.29 is 23.3 Å². The van der Waals surface area contributed by atoms with Gasteiger partial charge in [0, 0.05) is 12.3 Å². The van der Waals surface area contributed by atoms with E-state index in [2.05, 4.69) is 4.98 Å². The molecule has 1 aromatic heterocycles. The third kappa shape index (κ3) is 1.55. The van der Waals surface area contributed by atoms with Crippen molar-refractivity contribution in [2.45, 2.75) is 43.9 Å². The van der Waals surface area contributed by atoms with Gasteiger partial charge in [0.2, 0.25) is 0 Å². The Morgan fingerprint density at radius 1 is 1.40 bits per heavy atom. The van der Waals surface area contributed by atoms with E-state index in [0.29, 0.717) is 0 Å². The minimum Gasteiger partial charge on any atom is -0.458 e. The van der Waals surface area contributed by atoms with Crippen molar-refractivity contribution in [1.29, 1.82) is 0 Å². The number of ether oxygens (including phenoxy) is 4. The van der Waals surface area contributed by atoms with E-state index in [4.69, 9.17) is 18.9 Å². The van der Waals surface area contributed by atoms with E-state index >= 15 is 0 Å². The summed E-state index contributed by atoms with van der Waals surface area (Å²) in [5, 5.41) is 0. The standard InChI is InChI=1S/C12H13FN2O5/c1-11(2)18-7-8(19-11)12(13)5-17-10-14-6(16)3-4-15(10)9(7)20-12/h3-4,7-9H,5H2,1-2H3/t7-,8+,9-,12-/m1/s1. The molecule has 0 N–H and O–H groups in total. The smallest absolute Gasteiger partial charge is 0.302 e. The summed E-state index contributed by atoms with van der Waals surface area (Å²) in [7, 11) is 0. The van der Waals surface area contributed by atoms with Gasteiger partial charge in [-0.15, -0.1) is 0 Å². The third-order valence-electron chi connectivity index (χ3n) is 3.63. The SMILES string of the molecule is CC1(C)O[C@H]2[C@H]3O[C@](F)(COc4nc(=O)ccn43)[C@H]2O1. The zero-order valence-corrected chi connectivity index (χ0v) is 10.9. The lowest BCUT2D eigenvalue weighted by Gasteiger charge is -2.25. The molecule has 0 amide bonds. The second kappa shape index (κ2) is 3.57. The average molecular weight is 284 g/mol. The number of aromatic nitrogens is 2. The van der Waals surface area contributed by atoms with Crippen LogP contribution >= 0.6 is 0 Å². The monoisotopic (exact) mass is 284 g/mol. The molecular weight excluding hydrogens is 271 g/mol. The predicted octanol–water partition coefficient (Wildman–Crippen LogP) is 0.350. The largest absolute Gasteiger partial charge is 0.458 e. The van der Waals surface area contributed by atoms with E-state index in [1.165, 1.54) is 16.8 Å². The van der Waals surface area contributed by atoms with Crippen LogP contribution < -0.4 is 10.3 Å². The van der Waals surface area contributed by atoms with Gasteiger partial charge in [0.15, 0.2) is 24.7 Å². The van der Waals surface area contributed by atoms with Gasteiger partial charge in [-0.2, -0.15) is 4.98 Å². The molecule has 0 saturated carbocycles. The summed E-state index contributed by atoms with van der Waals surface area (Å²) in [6, 6.07) is 1.28. The van der Waals surface area contributed by atoms with Crippen LogP contribution in [-0.2, 0) is 14.2 Å². The molecule has 0 spiro atoms. The van der Waals surface area contributed by atoms with Gasteiger partial charge in [0.1, 0.15) is 6.10 Å². The second-order valence-corrected chi connectivity index (χ2v) is 5.56. The van der Waals surface area contributed by atoms with Crippen molar-refractivity contribution in [3.8, 4) is 6.01 Å². The Labute approximate surface area is 113 Å². The first-order valence-electron chi connectivity index (χ1n) is 6.32. The first-order valence-corrected chi connectivity index (χ1v) is 6.32. The minimum atomic E-state index is -2.13. The van der Waals surface area contributed by atoms with Crippen LogP contribution in [0.2, 0.25) is 0 Å². The van der Waals surface area contributed by atoms with Crippen LogP contribution in [0.5, 0.6) is 6.01 Å². The van der Waals surface area contributed by atoms with E-state index < -0.39 is 42.2 Å². The van der Waals surface area contributed by atoms with Crippen LogP contribution in [0.25, 0.3) is 0 Å². The molecule has 0 aliphatic carbocycles. The van der Waals surface area contributed by atoms with E-state index in [1.54, 1.807) is 13.8 Å². The third-order valence-corrected chi connectivity index (χ3v) is 3.63. The van der Waals surface area contributed by atoms with Crippen LogP contribution in [0, 0.1) is 0 Å². The Kier molecular flexibility index (Phi) is 2.19. The Morgan fingerprint density at radius 3 is 3.00 bits per heavy atom. The quantitative estimate of drug-likeness (QED) is 0.684. The fraction of sp³-hybridized carbons (Fsp3) is 0.667. The van der Waals surface area contributed by atoms with Crippen LogP contribution in [-0.4, -0.2) is 40.0 Å². The molecule has 2 saturated heterocycles. The normalized spacial score (nSPS) is 40.6. The zero-order chi connectivity index (χ0) is 14.1. The molecule has 3 aliphatic heterocycles. The number of fused-ring (bicyclic) bond motifs is 7. The van der Waals surface area contributed by atoms with Gasteiger partial charge in [0.05, 0.1) is 0 Å². The van der Waals surface area contributed by atoms with Crippen molar-refractivity contribution in [3.63, 3.8) is 0 Å². The van der Waals surface area contributed by atoms with E-state index in [9.17, 15) is 9.18 Å². The van der Waals surface area contributed by atoms with Gasteiger partial charge >= 0.3 is 6.01 Å². The molecule has 108 valence electrons. The fourth-order valence-corrected chi connectivity index (χ4v) is 2.86. The lowest BCUT2D eigenvalue weighted by Crippen LogP contribution is -2.44. The van der Waals surface area contributed by atoms with Gasteiger partial charge in [-0.05, 0) is 13.8 Å². The molecular formula is C12H13FN2O5. The maximum atomic E-state index is 14.9. The number of nitrogens with zero attached hydrogens (tertiary/aromatic N) is 2. The molecule has 0 aromatic carbocycles. The lowest BCUT2D eigenvalue weighted by molar-refractivity contribution is -0.256. The van der Waals surface area contributed by atoms with Gasteiger partial charge in [-0.1, -0.05) is 0 Å². The summed E-state index contributed by atoms with van der Waals surface area (Å²) in [5.74, 6) is -3.02. The highest BCUT2D eigenvalue weighted by Crippen LogP contribution is 2.50. The number of halogens is 1. The Hall–Kier alpha value is -1.51. The van der Waals surface area contributed by atoms with Gasteiger partial charge in [0.25, 0.3) is 11.4 Å². The van der Waals surface area contributed by atoms with Gasteiger partial charge < -0.3 is 18.9 Å². The predicted molar refractivity (Wildman–Crippen MR) is 61.8 cm³/mol. The van der Waals surface area contributed by atoms with Crippen LogP contribution in [0.1, 0.15) is 20.1 Å². The Morgan fingerprint density at radius 2 is 2.20 bits per heavy atom. The van der Waals surface area contributed by atoms with Crippen LogP contribution in [0.15, 0.2) is 17.1 Å². The van der Waals surface area contributed by atoms with Crippen molar-refractivity contribution in [3.05, 3.63) is 22.6 Å². The van der Waals surface area contributed by atoms with Gasteiger partial charge in [-0.25, -0.2) is 4.39 Å². The number of hydrogen-bond acceptors (Lipinski definition) is 6. The van der Waals surface area contributed by atoms with E-state index in [0.717, 1.165) is 0 Å². The maximum Gasteiger partial charge on any atom is 0.302 e. The molecule has 7 nitrogen and oxygen atoms in total. The Balaban J connectivity index is 1.83. The topological polar surface area (TPSA) is 71.8 Å². The van der Waals surface area contributed by atoms with Gasteiger partial charge in [-0.3, -0.25) is 9.36 Å². The highest BCUT2D eigenvalue weighted by Gasteiger charge is 2.66. The fourth-order valence-electron chi connectivity index (χ4n) is 2.86. The number of rotatable bonds is 0. The molecule has 2 bridgehead atoms. The summed E-state index contributed by atoms with van der Waals surface area (Å²) >= 11 is 0. The Bertz CT molecular complexity index is 633. The minimum absolute atomic E-state index is 0.0220. The number of hydrogen-bond donors (Lipinski definition) is 0. The first-order chi connectivity index (χ1) is 9.38. The molecule has 2 fully saturated rings. The summed E-state index contributed by atoms with van der Waals surface area (Å²) in [5.41, 5.74) is -0.456. The number of alkyl halides is 1. The van der Waals surface area contributed by atoms with E-state index in [1.807, 2.05) is 0 Å². The average Bonchev–Trinajstić information content (AvgIpc) is 2.75. The molecule has 8 heteroatoms. The zero-order valence-electron chi connectivity index (χ0n) is 10.9. The molecule has 20 heavy (non-hydrogen) atoms. The van der Waals surface area contributed by atoms with Crippen molar-refractivity contribution in [1.82, 2.24) is 9.55 Å². The summed E-state index contributed by atoms with van der Waals surface area (Å²) < 4.78 is 38.3. The molecule has 0 unspecified atom stereocenters. The van der Waals surface area contributed by atoms with Crippen molar-refractivity contribution in [2.75, 3.05) is 6.61 Å². The highest BCUT2D eigenvalue weighted by molar-refractivity contribution is 5.10. The van der Waals surface area contributed by atoms with Crippen LogP contribution in [0.4, 0.5) is 4.39 Å². The molecule has 1 aromatic rings. The lowest BCUT2D eigenvalue weighted by atomic mass is 10.1. The highest BCUT2D eigenvalue weighted by atomic mass is 19.2. The molecule has 4 rings (SSSR count). The molecule has 3 aliphatic rings. The summed E-state index contributed by atoms with van der Waals surface area (Å²) in [6.07, 6.45) is -0.826. The molecule has 4 heterocycles. The molecule has 0 radical (unpaired) electrons. The summed E-state index contributed by atoms with van der Waals surface area (Å²) in [6.45, 7) is 3.03. The van der Waals surface area contributed by atoms with Crippen molar-refractivity contribution in [2.24, 2.45) is 0 Å². The molecule has 4 atom stereocenters.